The molecule has 7 nitrogen and oxygen atoms in total. The fraction of sp³-hybridized carbons (Fsp3) is 0.583. The number of hydrogen-bond acceptors (Lipinski definition) is 7. The summed E-state index contributed by atoms with van der Waals surface area (Å²) in [6.07, 6.45) is 2.54. The number of aldehydes is 1. The zero-order valence-electron chi connectivity index (χ0n) is 18.6. The van der Waals surface area contributed by atoms with E-state index in [9.17, 15) is 24.9 Å². The summed E-state index contributed by atoms with van der Waals surface area (Å²) in [6, 6.07) is 2.93. The van der Waals surface area contributed by atoms with Crippen LogP contribution in [0.25, 0.3) is 0 Å². The van der Waals surface area contributed by atoms with Gasteiger partial charge in [0.2, 0.25) is 0 Å². The van der Waals surface area contributed by atoms with Gasteiger partial charge in [-0.05, 0) is 49.3 Å². The molecular weight excluding hydrogens is 400 g/mol. The van der Waals surface area contributed by atoms with Crippen LogP contribution in [0.1, 0.15) is 56.0 Å². The van der Waals surface area contributed by atoms with Crippen LogP contribution in [0, 0.1) is 23.7 Å². The van der Waals surface area contributed by atoms with Crippen molar-refractivity contribution >= 4 is 12.3 Å². The smallest absolute Gasteiger partial charge is 0.342 e. The second kappa shape index (κ2) is 6.56. The standard InChI is InChI=1S/C24H30O7/c1-13-6-15(30-5)7-16(26)19(13)20(27)31-18-10-22(4)17-9-21(2,3)12-23(17,28)8-14(11-25)24(18,22)29/h6-8,11,17-18,26,28-29H,9-10,12H2,1-5H3/t17?,18-,22?,23?,24?/m1/s1. The van der Waals surface area contributed by atoms with Crippen molar-refractivity contribution in [3.63, 3.8) is 0 Å². The van der Waals surface area contributed by atoms with Gasteiger partial charge in [-0.2, -0.15) is 0 Å². The molecule has 0 heterocycles. The van der Waals surface area contributed by atoms with Crippen LogP contribution >= 0.6 is 0 Å². The molecule has 31 heavy (non-hydrogen) atoms. The van der Waals surface area contributed by atoms with E-state index in [1.165, 1.54) is 19.3 Å². The minimum absolute atomic E-state index is 0.0102. The van der Waals surface area contributed by atoms with Gasteiger partial charge in [0.15, 0.2) is 0 Å². The van der Waals surface area contributed by atoms with E-state index in [1.54, 1.807) is 13.0 Å². The largest absolute Gasteiger partial charge is 0.507 e. The van der Waals surface area contributed by atoms with Crippen LogP contribution in [0.3, 0.4) is 0 Å². The molecule has 0 radical (unpaired) electrons. The maximum Gasteiger partial charge on any atom is 0.342 e. The second-order valence-corrected chi connectivity index (χ2v) is 10.4. The number of hydrogen-bond donors (Lipinski definition) is 3. The maximum atomic E-state index is 12.9. The molecule has 0 aliphatic heterocycles. The highest BCUT2D eigenvalue weighted by Crippen LogP contribution is 2.69. The van der Waals surface area contributed by atoms with E-state index in [4.69, 9.17) is 9.47 Å². The van der Waals surface area contributed by atoms with Crippen LogP contribution in [0.2, 0.25) is 0 Å². The van der Waals surface area contributed by atoms with Crippen LogP contribution in [0.4, 0.5) is 0 Å². The highest BCUT2D eigenvalue weighted by atomic mass is 16.6. The number of ether oxygens (including phenoxy) is 2. The molecular formula is C24H30O7. The van der Waals surface area contributed by atoms with Crippen LogP contribution in [0.15, 0.2) is 23.8 Å². The van der Waals surface area contributed by atoms with Crippen molar-refractivity contribution in [2.75, 3.05) is 7.11 Å². The predicted octanol–water partition coefficient (Wildman–Crippen LogP) is 2.68. The molecule has 2 fully saturated rings. The summed E-state index contributed by atoms with van der Waals surface area (Å²) >= 11 is 0. The van der Waals surface area contributed by atoms with Crippen LogP contribution < -0.4 is 4.74 Å². The molecule has 3 aliphatic rings. The summed E-state index contributed by atoms with van der Waals surface area (Å²) < 4.78 is 10.7. The van der Waals surface area contributed by atoms with Crippen LogP contribution in [0.5, 0.6) is 11.5 Å². The predicted molar refractivity (Wildman–Crippen MR) is 112 cm³/mol. The quantitative estimate of drug-likeness (QED) is 0.497. The first-order valence-corrected chi connectivity index (χ1v) is 10.5. The Morgan fingerprint density at radius 1 is 1.19 bits per heavy atom. The van der Waals surface area contributed by atoms with Gasteiger partial charge in [-0.25, -0.2) is 4.79 Å². The van der Waals surface area contributed by atoms with Crippen LogP contribution in [-0.2, 0) is 9.53 Å². The van der Waals surface area contributed by atoms with Crippen molar-refractivity contribution in [1.82, 2.24) is 0 Å². The van der Waals surface area contributed by atoms with E-state index in [0.717, 1.165) is 0 Å². The fourth-order valence-electron chi connectivity index (χ4n) is 6.41. The highest BCUT2D eigenvalue weighted by molar-refractivity contribution is 5.94. The molecule has 2 saturated carbocycles. The Morgan fingerprint density at radius 2 is 1.87 bits per heavy atom. The molecule has 5 atom stereocenters. The van der Waals surface area contributed by atoms with E-state index >= 15 is 0 Å². The highest BCUT2D eigenvalue weighted by Gasteiger charge is 2.75. The van der Waals surface area contributed by atoms with Gasteiger partial charge in [-0.1, -0.05) is 20.8 Å². The van der Waals surface area contributed by atoms with E-state index in [0.29, 0.717) is 36.9 Å². The Kier molecular flexibility index (Phi) is 4.62. The summed E-state index contributed by atoms with van der Waals surface area (Å²) in [6.45, 7) is 7.62. The van der Waals surface area contributed by atoms with E-state index in [2.05, 4.69) is 13.8 Å². The topological polar surface area (TPSA) is 113 Å². The number of esters is 1. The first-order chi connectivity index (χ1) is 14.3. The maximum absolute atomic E-state index is 12.9. The molecule has 3 aliphatic carbocycles. The Morgan fingerprint density at radius 3 is 2.45 bits per heavy atom. The van der Waals surface area contributed by atoms with Crippen molar-refractivity contribution < 1.29 is 34.4 Å². The summed E-state index contributed by atoms with van der Waals surface area (Å²) in [5.41, 5.74) is -3.33. The third-order valence-corrected chi connectivity index (χ3v) is 7.79. The summed E-state index contributed by atoms with van der Waals surface area (Å²) in [5.74, 6) is -0.925. The van der Waals surface area contributed by atoms with Gasteiger partial charge in [0, 0.05) is 23.0 Å². The number of phenolic OH excluding ortho intramolecular Hbond substituents is 1. The molecule has 4 unspecified atom stereocenters. The second-order valence-electron chi connectivity index (χ2n) is 10.4. The summed E-state index contributed by atoms with van der Waals surface area (Å²) in [5, 5.41) is 33.3. The minimum atomic E-state index is -1.70. The molecule has 0 aromatic heterocycles. The Labute approximate surface area is 181 Å². The lowest BCUT2D eigenvalue weighted by atomic mass is 9.43. The average Bonchev–Trinajstić information content (AvgIpc) is 2.93. The van der Waals surface area contributed by atoms with Gasteiger partial charge in [-0.15, -0.1) is 0 Å². The fourth-order valence-corrected chi connectivity index (χ4v) is 6.41. The molecule has 7 heteroatoms. The number of aryl methyl sites for hydroxylation is 1. The summed E-state index contributed by atoms with van der Waals surface area (Å²) in [4.78, 5) is 24.8. The molecule has 0 spiro atoms. The number of aliphatic hydroxyl groups is 2. The number of fused-ring (bicyclic) bond motifs is 3. The lowest BCUT2D eigenvalue weighted by molar-refractivity contribution is -0.261. The zero-order valence-corrected chi connectivity index (χ0v) is 18.6. The first kappa shape index (κ1) is 21.8. The molecule has 1 aromatic rings. The number of carbonyl (C=O) groups excluding carboxylic acids is 2. The zero-order chi connectivity index (χ0) is 23.0. The lowest BCUT2D eigenvalue weighted by Gasteiger charge is -2.65. The number of carbonyl (C=O) groups is 2. The van der Waals surface area contributed by atoms with Crippen LogP contribution in [-0.4, -0.2) is 52.0 Å². The Balaban J connectivity index is 1.67. The monoisotopic (exact) mass is 430 g/mol. The van der Waals surface area contributed by atoms with E-state index in [-0.39, 0.29) is 28.2 Å². The summed E-state index contributed by atoms with van der Waals surface area (Å²) in [7, 11) is 1.46. The van der Waals surface area contributed by atoms with E-state index < -0.39 is 28.7 Å². The molecule has 0 saturated heterocycles. The van der Waals surface area contributed by atoms with Gasteiger partial charge in [0.1, 0.15) is 35.1 Å². The van der Waals surface area contributed by atoms with Gasteiger partial charge < -0.3 is 24.8 Å². The van der Waals surface area contributed by atoms with Crippen molar-refractivity contribution in [2.45, 2.75) is 64.3 Å². The van der Waals surface area contributed by atoms with E-state index in [1.807, 2.05) is 6.92 Å². The van der Waals surface area contributed by atoms with Gasteiger partial charge in [0.05, 0.1) is 12.7 Å². The third-order valence-electron chi connectivity index (χ3n) is 7.79. The Hall–Kier alpha value is -2.38. The number of aromatic hydroxyl groups is 1. The van der Waals surface area contributed by atoms with Crippen molar-refractivity contribution in [2.24, 2.45) is 16.7 Å². The van der Waals surface area contributed by atoms with Gasteiger partial charge in [0.25, 0.3) is 0 Å². The molecule has 0 amide bonds. The molecule has 168 valence electrons. The van der Waals surface area contributed by atoms with Crippen molar-refractivity contribution in [3.8, 4) is 11.5 Å². The number of methoxy groups -OCH3 is 1. The minimum Gasteiger partial charge on any atom is -0.507 e. The van der Waals surface area contributed by atoms with Crippen molar-refractivity contribution in [1.29, 1.82) is 0 Å². The number of rotatable bonds is 4. The molecule has 0 bridgehead atoms. The molecule has 4 rings (SSSR count). The normalized spacial score (nSPS) is 37.7. The van der Waals surface area contributed by atoms with Crippen molar-refractivity contribution in [3.05, 3.63) is 34.9 Å². The number of benzene rings is 1. The first-order valence-electron chi connectivity index (χ1n) is 10.5. The van der Waals surface area contributed by atoms with Gasteiger partial charge >= 0.3 is 5.97 Å². The number of phenols is 1. The third kappa shape index (κ3) is 2.86. The van der Waals surface area contributed by atoms with Gasteiger partial charge in [-0.3, -0.25) is 4.79 Å². The molecule has 3 N–H and O–H groups in total. The average molecular weight is 430 g/mol. The Bertz CT molecular complexity index is 973. The molecule has 1 aromatic carbocycles. The SMILES string of the molecule is COc1cc(C)c(C(=O)O[C@@H]2CC3(C)C4CC(C)(C)CC4(O)C=C(C=O)C23O)c(O)c1. The lowest BCUT2D eigenvalue weighted by Crippen LogP contribution is -2.75.